The average Bonchev–Trinajstić information content (AvgIpc) is 2.72. The number of carbonyl (C=O) groups excluding carboxylic acids is 1. The molecule has 0 aromatic heterocycles. The van der Waals surface area contributed by atoms with Crippen LogP contribution in [0.4, 0.5) is 0 Å². The lowest BCUT2D eigenvalue weighted by Gasteiger charge is -2.25. The fourth-order valence-corrected chi connectivity index (χ4v) is 3.05. The van der Waals surface area contributed by atoms with Gasteiger partial charge in [-0.2, -0.15) is 0 Å². The number of amides is 1. The van der Waals surface area contributed by atoms with Gasteiger partial charge >= 0.3 is 5.97 Å². The van der Waals surface area contributed by atoms with Gasteiger partial charge in [-0.05, 0) is 32.9 Å². The molecule has 5 nitrogen and oxygen atoms in total. The highest BCUT2D eigenvalue weighted by atomic mass is 16.4. The number of likely N-dealkylation sites (N-methyl/N-ethyl adjacent to an activating group) is 1. The van der Waals surface area contributed by atoms with Crippen molar-refractivity contribution in [2.24, 2.45) is 11.8 Å². The third-order valence-corrected chi connectivity index (χ3v) is 4.18. The molecule has 2 atom stereocenters. The molecule has 1 aliphatic heterocycles. The molecule has 1 saturated carbocycles. The third kappa shape index (κ3) is 2.83. The van der Waals surface area contributed by atoms with Gasteiger partial charge in [-0.15, -0.1) is 0 Å². The molecular weight excluding hydrogens is 232 g/mol. The number of carboxylic acids is 1. The van der Waals surface area contributed by atoms with E-state index in [9.17, 15) is 9.59 Å². The normalized spacial score (nSPS) is 30.2. The summed E-state index contributed by atoms with van der Waals surface area (Å²) in [5.74, 6) is -1.49. The van der Waals surface area contributed by atoms with Crippen molar-refractivity contribution in [3.8, 4) is 0 Å². The second-order valence-corrected chi connectivity index (χ2v) is 5.46. The van der Waals surface area contributed by atoms with Crippen molar-refractivity contribution in [2.75, 3.05) is 33.2 Å². The summed E-state index contributed by atoms with van der Waals surface area (Å²) < 4.78 is 0. The minimum absolute atomic E-state index is 0.0650. The van der Waals surface area contributed by atoms with Gasteiger partial charge in [0.2, 0.25) is 5.91 Å². The molecule has 2 aliphatic rings. The Kier molecular flexibility index (Phi) is 4.22. The molecule has 2 rings (SSSR count). The predicted octanol–water partition coefficient (Wildman–Crippen LogP) is 0.651. The lowest BCUT2D eigenvalue weighted by Crippen LogP contribution is -2.41. The third-order valence-electron chi connectivity index (χ3n) is 4.18. The second kappa shape index (κ2) is 5.69. The van der Waals surface area contributed by atoms with E-state index in [4.69, 9.17) is 5.11 Å². The van der Waals surface area contributed by atoms with Crippen LogP contribution in [-0.4, -0.2) is 60.0 Å². The van der Waals surface area contributed by atoms with Crippen molar-refractivity contribution in [3.05, 3.63) is 0 Å². The highest BCUT2D eigenvalue weighted by molar-refractivity contribution is 5.85. The molecule has 102 valence electrons. The van der Waals surface area contributed by atoms with Crippen LogP contribution in [0.2, 0.25) is 0 Å². The molecule has 1 saturated heterocycles. The first-order valence-electron chi connectivity index (χ1n) is 6.79. The van der Waals surface area contributed by atoms with Gasteiger partial charge in [-0.3, -0.25) is 9.59 Å². The summed E-state index contributed by atoms with van der Waals surface area (Å²) in [5, 5.41) is 9.15. The van der Waals surface area contributed by atoms with Gasteiger partial charge < -0.3 is 14.9 Å². The molecule has 1 aliphatic carbocycles. The molecule has 2 unspecified atom stereocenters. The van der Waals surface area contributed by atoms with Crippen molar-refractivity contribution in [1.29, 1.82) is 0 Å². The first-order valence-corrected chi connectivity index (χ1v) is 6.79. The largest absolute Gasteiger partial charge is 0.481 e. The van der Waals surface area contributed by atoms with E-state index in [0.717, 1.165) is 45.4 Å². The Morgan fingerprint density at radius 2 is 1.72 bits per heavy atom. The maximum absolute atomic E-state index is 12.4. The molecule has 5 heteroatoms. The Labute approximate surface area is 108 Å². The summed E-state index contributed by atoms with van der Waals surface area (Å²) in [6.07, 6.45) is 3.23. The number of aliphatic carboxylic acids is 1. The van der Waals surface area contributed by atoms with E-state index >= 15 is 0 Å². The predicted molar refractivity (Wildman–Crippen MR) is 67.2 cm³/mol. The number of carboxylic acid groups (broad SMARTS) is 1. The van der Waals surface area contributed by atoms with Gasteiger partial charge in [-0.25, -0.2) is 0 Å². The number of rotatable bonds is 2. The van der Waals surface area contributed by atoms with E-state index in [-0.39, 0.29) is 11.8 Å². The maximum Gasteiger partial charge on any atom is 0.307 e. The Morgan fingerprint density at radius 3 is 2.44 bits per heavy atom. The van der Waals surface area contributed by atoms with Crippen molar-refractivity contribution in [1.82, 2.24) is 9.80 Å². The standard InChI is InChI=1S/C13H22N2O3/c1-14-6-3-7-15(9-8-14)12(16)10-4-2-5-11(10)13(17)18/h10-11H,2-9H2,1H3,(H,17,18). The van der Waals surface area contributed by atoms with Gasteiger partial charge in [0.15, 0.2) is 0 Å². The summed E-state index contributed by atoms with van der Waals surface area (Å²) in [6.45, 7) is 3.40. The molecule has 0 radical (unpaired) electrons. The molecule has 2 fully saturated rings. The molecule has 0 aromatic carbocycles. The number of nitrogens with zero attached hydrogens (tertiary/aromatic N) is 2. The van der Waals surface area contributed by atoms with Gasteiger partial charge in [-0.1, -0.05) is 6.42 Å². The van der Waals surface area contributed by atoms with Crippen LogP contribution in [0, 0.1) is 11.8 Å². The summed E-state index contributed by atoms with van der Waals surface area (Å²) >= 11 is 0. The molecule has 1 amide bonds. The average molecular weight is 254 g/mol. The van der Waals surface area contributed by atoms with Crippen LogP contribution in [0.5, 0.6) is 0 Å². The van der Waals surface area contributed by atoms with Crippen molar-refractivity contribution in [3.63, 3.8) is 0 Å². The van der Waals surface area contributed by atoms with Crippen molar-refractivity contribution >= 4 is 11.9 Å². The molecule has 1 heterocycles. The van der Waals surface area contributed by atoms with Crippen LogP contribution in [0.1, 0.15) is 25.7 Å². The quantitative estimate of drug-likeness (QED) is 0.786. The zero-order chi connectivity index (χ0) is 13.1. The Bertz CT molecular complexity index is 332. The van der Waals surface area contributed by atoms with E-state index < -0.39 is 11.9 Å². The van der Waals surface area contributed by atoms with Gasteiger partial charge in [0.25, 0.3) is 0 Å². The molecule has 0 aromatic rings. The molecule has 0 spiro atoms. The van der Waals surface area contributed by atoms with Crippen LogP contribution in [0.3, 0.4) is 0 Å². The SMILES string of the molecule is CN1CCCN(C(=O)C2CCCC2C(=O)O)CC1. The number of carbonyl (C=O) groups is 2. The zero-order valence-electron chi connectivity index (χ0n) is 11.0. The zero-order valence-corrected chi connectivity index (χ0v) is 11.0. The Balaban J connectivity index is 1.99. The maximum atomic E-state index is 12.4. The van der Waals surface area contributed by atoms with E-state index in [1.165, 1.54) is 0 Å². The van der Waals surface area contributed by atoms with E-state index in [1.807, 2.05) is 4.90 Å². The van der Waals surface area contributed by atoms with E-state index in [1.54, 1.807) is 0 Å². The molecular formula is C13H22N2O3. The summed E-state index contributed by atoms with van der Waals surface area (Å²) in [7, 11) is 2.06. The number of hydrogen-bond donors (Lipinski definition) is 1. The van der Waals surface area contributed by atoms with Gasteiger partial charge in [0.05, 0.1) is 11.8 Å². The molecule has 18 heavy (non-hydrogen) atoms. The lowest BCUT2D eigenvalue weighted by atomic mass is 9.94. The second-order valence-electron chi connectivity index (χ2n) is 5.46. The van der Waals surface area contributed by atoms with E-state index in [0.29, 0.717) is 6.42 Å². The van der Waals surface area contributed by atoms with Crippen LogP contribution >= 0.6 is 0 Å². The monoisotopic (exact) mass is 254 g/mol. The van der Waals surface area contributed by atoms with E-state index in [2.05, 4.69) is 11.9 Å². The highest BCUT2D eigenvalue weighted by Gasteiger charge is 2.39. The molecule has 1 N–H and O–H groups in total. The highest BCUT2D eigenvalue weighted by Crippen LogP contribution is 2.33. The first-order chi connectivity index (χ1) is 8.59. The topological polar surface area (TPSA) is 60.9 Å². The Morgan fingerprint density at radius 1 is 1.00 bits per heavy atom. The molecule has 0 bridgehead atoms. The van der Waals surface area contributed by atoms with Crippen molar-refractivity contribution < 1.29 is 14.7 Å². The smallest absolute Gasteiger partial charge is 0.307 e. The Hall–Kier alpha value is -1.10. The van der Waals surface area contributed by atoms with Gasteiger partial charge in [0.1, 0.15) is 0 Å². The fourth-order valence-electron chi connectivity index (χ4n) is 3.05. The number of hydrogen-bond acceptors (Lipinski definition) is 3. The first kappa shape index (κ1) is 13.3. The summed E-state index contributed by atoms with van der Waals surface area (Å²) in [5.41, 5.74) is 0. The van der Waals surface area contributed by atoms with Crippen LogP contribution < -0.4 is 0 Å². The van der Waals surface area contributed by atoms with Crippen LogP contribution in [-0.2, 0) is 9.59 Å². The summed E-state index contributed by atoms with van der Waals surface area (Å²) in [4.78, 5) is 27.6. The fraction of sp³-hybridized carbons (Fsp3) is 0.846. The van der Waals surface area contributed by atoms with Crippen LogP contribution in [0.15, 0.2) is 0 Å². The summed E-state index contributed by atoms with van der Waals surface area (Å²) in [6, 6.07) is 0. The minimum Gasteiger partial charge on any atom is -0.481 e. The van der Waals surface area contributed by atoms with Gasteiger partial charge in [0, 0.05) is 19.6 Å². The lowest BCUT2D eigenvalue weighted by molar-refractivity contribution is -0.149. The van der Waals surface area contributed by atoms with Crippen molar-refractivity contribution in [2.45, 2.75) is 25.7 Å². The van der Waals surface area contributed by atoms with Crippen LogP contribution in [0.25, 0.3) is 0 Å². The minimum atomic E-state index is -0.808.